The second kappa shape index (κ2) is 10.0. The number of aliphatic hydroxyl groups is 1. The maximum atomic E-state index is 13.9. The monoisotopic (exact) mass is 484 g/mol. The molecule has 1 aliphatic carbocycles. The summed E-state index contributed by atoms with van der Waals surface area (Å²) in [6, 6.07) is 9.39. The lowest BCUT2D eigenvalue weighted by atomic mass is 9.93. The molecule has 34 heavy (non-hydrogen) atoms. The molecule has 0 radical (unpaired) electrons. The molecule has 5 rings (SSSR count). The predicted molar refractivity (Wildman–Crippen MR) is 131 cm³/mol. The summed E-state index contributed by atoms with van der Waals surface area (Å²) in [6.45, 7) is 2.42. The van der Waals surface area contributed by atoms with Gasteiger partial charge in [0.15, 0.2) is 0 Å². The zero-order valence-corrected chi connectivity index (χ0v) is 20.1. The van der Waals surface area contributed by atoms with Crippen molar-refractivity contribution in [2.24, 2.45) is 0 Å². The smallest absolute Gasteiger partial charge is 0.126 e. The summed E-state index contributed by atoms with van der Waals surface area (Å²) in [6.07, 6.45) is 7.49. The lowest BCUT2D eigenvalue weighted by Crippen LogP contribution is -2.44. The van der Waals surface area contributed by atoms with Crippen LogP contribution in [0.3, 0.4) is 0 Å². The summed E-state index contributed by atoms with van der Waals surface area (Å²) in [5.74, 6) is 0.562. The lowest BCUT2D eigenvalue weighted by Gasteiger charge is -2.36. The van der Waals surface area contributed by atoms with Gasteiger partial charge in [-0.1, -0.05) is 17.7 Å². The quantitative estimate of drug-likeness (QED) is 0.479. The molecule has 2 N–H and O–H groups in total. The topological polar surface area (TPSA) is 62.5 Å². The summed E-state index contributed by atoms with van der Waals surface area (Å²) in [5.41, 5.74) is 4.72. The zero-order valence-electron chi connectivity index (χ0n) is 19.3. The van der Waals surface area contributed by atoms with Crippen molar-refractivity contribution in [2.45, 2.75) is 57.6 Å². The van der Waals surface area contributed by atoms with Crippen LogP contribution in [0.5, 0.6) is 0 Å². The maximum Gasteiger partial charge on any atom is 0.126 e. The van der Waals surface area contributed by atoms with E-state index in [0.29, 0.717) is 30.8 Å². The number of hydrogen-bond acceptors (Lipinski definition) is 5. The number of pyridine rings is 1. The molecule has 0 saturated heterocycles. The highest BCUT2D eigenvalue weighted by atomic mass is 35.5. The average molecular weight is 485 g/mol. The lowest BCUT2D eigenvalue weighted by molar-refractivity contribution is 0.0536. The van der Waals surface area contributed by atoms with Crippen LogP contribution in [-0.4, -0.2) is 45.4 Å². The maximum absolute atomic E-state index is 13.9. The molecule has 0 spiro atoms. The van der Waals surface area contributed by atoms with Gasteiger partial charge in [-0.2, -0.15) is 0 Å². The number of halogens is 2. The van der Waals surface area contributed by atoms with Crippen LogP contribution < -0.4 is 5.32 Å². The highest BCUT2D eigenvalue weighted by Gasteiger charge is 2.28. The number of methoxy groups -OCH3 is 1. The first-order chi connectivity index (χ1) is 16.5. The average Bonchev–Trinajstić information content (AvgIpc) is 3.20. The first kappa shape index (κ1) is 23.3. The van der Waals surface area contributed by atoms with Crippen LogP contribution in [0.4, 0.5) is 10.2 Å². The van der Waals surface area contributed by atoms with E-state index in [-0.39, 0.29) is 18.5 Å². The number of aliphatic hydroxyl groups excluding tert-OH is 1. The van der Waals surface area contributed by atoms with E-state index in [1.54, 1.807) is 19.4 Å². The van der Waals surface area contributed by atoms with Crippen LogP contribution in [0.25, 0.3) is 11.1 Å². The molecule has 6 nitrogen and oxygen atoms in total. The van der Waals surface area contributed by atoms with Crippen molar-refractivity contribution in [1.29, 1.82) is 0 Å². The second-order valence-electron chi connectivity index (χ2n) is 9.28. The van der Waals surface area contributed by atoms with E-state index in [1.807, 2.05) is 6.07 Å². The molecule has 2 aromatic heterocycles. The van der Waals surface area contributed by atoms with Gasteiger partial charge in [-0.25, -0.2) is 9.37 Å². The Balaban J connectivity index is 1.41. The molecule has 1 aromatic carbocycles. The molecular weight excluding hydrogens is 455 g/mol. The molecule has 8 heteroatoms. The predicted octanol–water partition coefficient (Wildman–Crippen LogP) is 4.83. The minimum Gasteiger partial charge on any atom is -0.392 e. The van der Waals surface area contributed by atoms with Crippen LogP contribution >= 0.6 is 11.6 Å². The minimum absolute atomic E-state index is 0.114. The van der Waals surface area contributed by atoms with Gasteiger partial charge in [0.2, 0.25) is 0 Å². The molecular formula is C26H30ClFN4O2. The second-order valence-corrected chi connectivity index (χ2v) is 9.69. The van der Waals surface area contributed by atoms with Crippen molar-refractivity contribution in [2.75, 3.05) is 19.0 Å². The molecule has 0 amide bonds. The fourth-order valence-electron chi connectivity index (χ4n) is 4.83. The van der Waals surface area contributed by atoms with E-state index < -0.39 is 0 Å². The minimum atomic E-state index is -0.295. The van der Waals surface area contributed by atoms with Crippen molar-refractivity contribution in [1.82, 2.24) is 14.5 Å². The molecule has 1 fully saturated rings. The molecule has 0 unspecified atom stereocenters. The van der Waals surface area contributed by atoms with E-state index in [4.69, 9.17) is 16.3 Å². The molecule has 1 saturated carbocycles. The number of nitrogens with zero attached hydrogens (tertiary/aromatic N) is 3. The number of fused-ring (bicyclic) bond motifs is 1. The molecule has 1 atom stereocenters. The van der Waals surface area contributed by atoms with Crippen LogP contribution in [0.2, 0.25) is 5.02 Å². The molecule has 180 valence electrons. The molecule has 0 bridgehead atoms. The van der Waals surface area contributed by atoms with Gasteiger partial charge in [-0.3, -0.25) is 4.90 Å². The van der Waals surface area contributed by atoms with Gasteiger partial charge in [0.05, 0.1) is 24.3 Å². The Hall–Kier alpha value is -2.45. The molecule has 2 aliphatic rings. The summed E-state index contributed by atoms with van der Waals surface area (Å²) in [5, 5.41) is 13.8. The summed E-state index contributed by atoms with van der Waals surface area (Å²) in [7, 11) is 1.70. The number of rotatable bonds is 8. The third kappa shape index (κ3) is 4.84. The number of nitrogens with one attached hydrogen (secondary N) is 1. The Kier molecular flexibility index (Phi) is 6.88. The highest BCUT2D eigenvalue weighted by molar-refractivity contribution is 6.33. The first-order valence-corrected chi connectivity index (χ1v) is 12.1. The van der Waals surface area contributed by atoms with Gasteiger partial charge < -0.3 is 19.7 Å². The largest absolute Gasteiger partial charge is 0.392 e. The van der Waals surface area contributed by atoms with Gasteiger partial charge >= 0.3 is 0 Å². The van der Waals surface area contributed by atoms with Crippen molar-refractivity contribution >= 4 is 17.4 Å². The van der Waals surface area contributed by atoms with Gasteiger partial charge in [-0.05, 0) is 54.7 Å². The van der Waals surface area contributed by atoms with Gasteiger partial charge in [-0.15, -0.1) is 0 Å². The van der Waals surface area contributed by atoms with Gasteiger partial charge in [0.1, 0.15) is 11.6 Å². The fraction of sp³-hybridized carbons (Fsp3) is 0.423. The Morgan fingerprint density at radius 1 is 1.24 bits per heavy atom. The van der Waals surface area contributed by atoms with Crippen molar-refractivity contribution in [3.05, 3.63) is 70.4 Å². The van der Waals surface area contributed by atoms with E-state index in [0.717, 1.165) is 40.3 Å². The van der Waals surface area contributed by atoms with Crippen molar-refractivity contribution < 1.29 is 14.2 Å². The zero-order chi connectivity index (χ0) is 23.7. The summed E-state index contributed by atoms with van der Waals surface area (Å²) < 4.78 is 21.7. The first-order valence-electron chi connectivity index (χ1n) is 11.8. The SMILES string of the molecule is COC[C@H]1Cn2cc(-c3cc(NC4CCC4)ncc3Cl)cc2CN1Cc1cc(F)ccc1CO. The Morgan fingerprint density at radius 2 is 2.09 bits per heavy atom. The number of aromatic nitrogens is 2. The van der Waals surface area contributed by atoms with Crippen LogP contribution in [0.15, 0.2) is 42.7 Å². The standard InChI is InChI=1S/C26H30ClFN4O2/c1-34-16-23-14-31-12-19(24-9-26(29-10-25(24)27)30-21-3-2-4-21)8-22(31)13-32(23)11-18-7-20(28)6-5-17(18)15-33/h5-10,12,21,23,33H,2-4,11,13-16H2,1H3,(H,29,30)/t23-/m1/s1. The summed E-state index contributed by atoms with van der Waals surface area (Å²) in [4.78, 5) is 6.75. The molecule has 3 heterocycles. The van der Waals surface area contributed by atoms with Crippen LogP contribution in [-0.2, 0) is 31.0 Å². The number of ether oxygens (including phenoxy) is 1. The third-order valence-corrected chi connectivity index (χ3v) is 7.27. The number of anilines is 1. The third-order valence-electron chi connectivity index (χ3n) is 6.97. The van der Waals surface area contributed by atoms with Crippen molar-refractivity contribution in [3.63, 3.8) is 0 Å². The summed E-state index contributed by atoms with van der Waals surface area (Å²) >= 11 is 6.55. The van der Waals surface area contributed by atoms with Crippen LogP contribution in [0.1, 0.15) is 36.1 Å². The Labute approximate surface area is 204 Å². The fourth-order valence-corrected chi connectivity index (χ4v) is 5.05. The molecule has 1 aliphatic heterocycles. The van der Waals surface area contributed by atoms with Gasteiger partial charge in [0.25, 0.3) is 0 Å². The molecule has 3 aromatic rings. The van der Waals surface area contributed by atoms with Gasteiger partial charge in [0, 0.05) is 62.0 Å². The van der Waals surface area contributed by atoms with E-state index >= 15 is 0 Å². The van der Waals surface area contributed by atoms with Crippen LogP contribution in [0, 0.1) is 5.82 Å². The Morgan fingerprint density at radius 3 is 2.82 bits per heavy atom. The highest BCUT2D eigenvalue weighted by Crippen LogP contribution is 2.34. The van der Waals surface area contributed by atoms with E-state index in [9.17, 15) is 9.50 Å². The number of hydrogen-bond donors (Lipinski definition) is 2. The normalized spacial score (nSPS) is 18.5. The van der Waals surface area contributed by atoms with E-state index in [1.165, 1.54) is 31.4 Å². The van der Waals surface area contributed by atoms with Crippen molar-refractivity contribution in [3.8, 4) is 11.1 Å². The Bertz CT molecular complexity index is 1160. The number of benzene rings is 1. The van der Waals surface area contributed by atoms with E-state index in [2.05, 4.69) is 32.0 Å².